The summed E-state index contributed by atoms with van der Waals surface area (Å²) in [5.41, 5.74) is 4.95. The molecule has 1 unspecified atom stereocenters. The maximum Gasteiger partial charge on any atom is 0.223 e. The Labute approximate surface area is 102 Å². The van der Waals surface area contributed by atoms with Crippen molar-refractivity contribution in [2.45, 2.75) is 40.5 Å². The maximum atomic E-state index is 11.7. The summed E-state index contributed by atoms with van der Waals surface area (Å²) < 4.78 is 0. The number of rotatable bonds is 0. The third kappa shape index (κ3) is 1.53. The van der Waals surface area contributed by atoms with Crippen molar-refractivity contribution in [2.75, 3.05) is 11.4 Å². The first-order valence-corrected chi connectivity index (χ1v) is 5.97. The predicted octanol–water partition coefficient (Wildman–Crippen LogP) is 2.79. The smallest absolute Gasteiger partial charge is 0.223 e. The van der Waals surface area contributed by atoms with E-state index in [1.54, 1.807) is 6.92 Å². The minimum Gasteiger partial charge on any atom is -0.507 e. The molecule has 1 N–H and O–H groups in total. The highest BCUT2D eigenvalue weighted by Gasteiger charge is 2.33. The molecular formula is C14H19NO2. The molecule has 0 spiro atoms. The van der Waals surface area contributed by atoms with E-state index in [0.717, 1.165) is 34.5 Å². The summed E-state index contributed by atoms with van der Waals surface area (Å²) in [4.78, 5) is 13.5. The van der Waals surface area contributed by atoms with Crippen molar-refractivity contribution in [1.29, 1.82) is 0 Å². The Hall–Kier alpha value is -1.51. The van der Waals surface area contributed by atoms with Crippen LogP contribution in [0.2, 0.25) is 0 Å². The number of aromatic hydroxyl groups is 1. The third-order valence-corrected chi connectivity index (χ3v) is 3.89. The number of phenolic OH excluding ortho intramolecular Hbond substituents is 1. The van der Waals surface area contributed by atoms with Crippen molar-refractivity contribution in [3.8, 4) is 5.75 Å². The van der Waals surface area contributed by atoms with Crippen LogP contribution in [0.25, 0.3) is 0 Å². The Morgan fingerprint density at radius 3 is 2.35 bits per heavy atom. The number of nitrogens with zero attached hydrogens (tertiary/aromatic N) is 1. The number of anilines is 1. The quantitative estimate of drug-likeness (QED) is 0.748. The molecule has 0 radical (unpaired) electrons. The van der Waals surface area contributed by atoms with Crippen molar-refractivity contribution < 1.29 is 9.90 Å². The van der Waals surface area contributed by atoms with Gasteiger partial charge in [0.1, 0.15) is 5.75 Å². The molecule has 2 rings (SSSR count). The summed E-state index contributed by atoms with van der Waals surface area (Å²) in [6.45, 7) is 10.2. The van der Waals surface area contributed by atoms with E-state index < -0.39 is 0 Å². The van der Waals surface area contributed by atoms with Crippen LogP contribution in [0.15, 0.2) is 0 Å². The molecule has 1 atom stereocenters. The molecule has 1 aliphatic heterocycles. The Morgan fingerprint density at radius 1 is 1.24 bits per heavy atom. The van der Waals surface area contributed by atoms with Crippen LogP contribution in [0, 0.1) is 20.8 Å². The molecule has 92 valence electrons. The lowest BCUT2D eigenvalue weighted by Crippen LogP contribution is -2.27. The molecular weight excluding hydrogens is 214 g/mol. The van der Waals surface area contributed by atoms with Gasteiger partial charge in [-0.1, -0.05) is 6.92 Å². The van der Waals surface area contributed by atoms with E-state index in [4.69, 9.17) is 0 Å². The summed E-state index contributed by atoms with van der Waals surface area (Å²) in [5, 5.41) is 10.1. The van der Waals surface area contributed by atoms with Crippen LogP contribution in [0.5, 0.6) is 5.75 Å². The zero-order valence-electron chi connectivity index (χ0n) is 11.1. The van der Waals surface area contributed by atoms with Crippen molar-refractivity contribution in [2.24, 2.45) is 0 Å². The van der Waals surface area contributed by atoms with Gasteiger partial charge in [0.15, 0.2) is 0 Å². The first kappa shape index (κ1) is 12.0. The Balaban J connectivity index is 2.78. The largest absolute Gasteiger partial charge is 0.507 e. The van der Waals surface area contributed by atoms with Crippen molar-refractivity contribution >= 4 is 11.6 Å². The molecule has 1 aromatic carbocycles. The average Bonchev–Trinajstić information content (AvgIpc) is 2.61. The molecule has 0 aromatic heterocycles. The summed E-state index contributed by atoms with van der Waals surface area (Å²) in [7, 11) is 0. The number of carbonyl (C=O) groups is 1. The number of phenols is 1. The van der Waals surface area contributed by atoms with Crippen LogP contribution in [-0.2, 0) is 4.79 Å². The van der Waals surface area contributed by atoms with Gasteiger partial charge in [0.05, 0.1) is 5.69 Å². The fourth-order valence-corrected chi connectivity index (χ4v) is 2.84. The third-order valence-electron chi connectivity index (χ3n) is 3.89. The molecule has 1 amide bonds. The van der Waals surface area contributed by atoms with Gasteiger partial charge in [0.2, 0.25) is 5.91 Å². The average molecular weight is 233 g/mol. The van der Waals surface area contributed by atoms with E-state index in [2.05, 4.69) is 6.92 Å². The van der Waals surface area contributed by atoms with Gasteiger partial charge in [-0.05, 0) is 43.0 Å². The van der Waals surface area contributed by atoms with Gasteiger partial charge in [-0.3, -0.25) is 4.79 Å². The molecule has 0 saturated carbocycles. The molecule has 1 aliphatic rings. The van der Waals surface area contributed by atoms with Crippen LogP contribution in [0.1, 0.15) is 42.0 Å². The van der Waals surface area contributed by atoms with Crippen LogP contribution in [0.4, 0.5) is 5.69 Å². The summed E-state index contributed by atoms with van der Waals surface area (Å²) in [6.07, 6.45) is 0. The molecule has 0 fully saturated rings. The highest BCUT2D eigenvalue weighted by molar-refractivity contribution is 5.96. The molecule has 1 heterocycles. The zero-order valence-corrected chi connectivity index (χ0v) is 11.1. The number of amides is 1. The van der Waals surface area contributed by atoms with Gasteiger partial charge in [-0.15, -0.1) is 0 Å². The lowest BCUT2D eigenvalue weighted by atomic mass is 9.92. The lowest BCUT2D eigenvalue weighted by Gasteiger charge is -2.20. The van der Waals surface area contributed by atoms with Crippen LogP contribution >= 0.6 is 0 Å². The number of carbonyl (C=O) groups excluding carboxylic acids is 1. The molecule has 0 bridgehead atoms. The second kappa shape index (κ2) is 3.76. The molecule has 1 aromatic rings. The number of benzene rings is 1. The van der Waals surface area contributed by atoms with Gasteiger partial charge < -0.3 is 10.0 Å². The number of hydrogen-bond donors (Lipinski definition) is 1. The van der Waals surface area contributed by atoms with Crippen molar-refractivity contribution in [3.63, 3.8) is 0 Å². The second-order valence-electron chi connectivity index (χ2n) is 5.02. The predicted molar refractivity (Wildman–Crippen MR) is 68.8 cm³/mol. The summed E-state index contributed by atoms with van der Waals surface area (Å²) in [6, 6.07) is 0. The van der Waals surface area contributed by atoms with Gasteiger partial charge >= 0.3 is 0 Å². The minimum absolute atomic E-state index is 0.0724. The van der Waals surface area contributed by atoms with Crippen LogP contribution in [-0.4, -0.2) is 17.6 Å². The van der Waals surface area contributed by atoms with E-state index in [1.165, 1.54) is 0 Å². The molecule has 3 nitrogen and oxygen atoms in total. The zero-order chi connectivity index (χ0) is 12.9. The lowest BCUT2D eigenvalue weighted by molar-refractivity contribution is -0.116. The minimum atomic E-state index is 0.0724. The molecule has 0 aliphatic carbocycles. The molecule has 3 heteroatoms. The summed E-state index contributed by atoms with van der Waals surface area (Å²) >= 11 is 0. The standard InChI is InChI=1S/C14H19NO2/c1-7-6-15(11(5)16)13-8(2)9(3)14(17)10(4)12(7)13/h7,17H,6H2,1-5H3. The maximum absolute atomic E-state index is 11.7. The van der Waals surface area contributed by atoms with Crippen molar-refractivity contribution in [3.05, 3.63) is 22.3 Å². The fraction of sp³-hybridized carbons (Fsp3) is 0.500. The normalized spacial score (nSPS) is 18.4. The van der Waals surface area contributed by atoms with E-state index in [-0.39, 0.29) is 5.91 Å². The van der Waals surface area contributed by atoms with E-state index in [9.17, 15) is 9.90 Å². The Kier molecular flexibility index (Phi) is 2.64. The first-order chi connectivity index (χ1) is 7.86. The SMILES string of the molecule is CC(=O)N1CC(C)c2c(C)c(O)c(C)c(C)c21. The van der Waals surface area contributed by atoms with Gasteiger partial charge in [0.25, 0.3) is 0 Å². The van der Waals surface area contributed by atoms with E-state index >= 15 is 0 Å². The first-order valence-electron chi connectivity index (χ1n) is 5.97. The topological polar surface area (TPSA) is 40.5 Å². The highest BCUT2D eigenvalue weighted by atomic mass is 16.3. The fourth-order valence-electron chi connectivity index (χ4n) is 2.84. The van der Waals surface area contributed by atoms with Gasteiger partial charge in [-0.25, -0.2) is 0 Å². The second-order valence-corrected chi connectivity index (χ2v) is 5.02. The Morgan fingerprint density at radius 2 is 1.82 bits per heavy atom. The monoisotopic (exact) mass is 233 g/mol. The van der Waals surface area contributed by atoms with E-state index in [1.807, 2.05) is 25.7 Å². The number of fused-ring (bicyclic) bond motifs is 1. The van der Waals surface area contributed by atoms with Gasteiger partial charge in [0, 0.05) is 19.4 Å². The molecule has 17 heavy (non-hydrogen) atoms. The summed E-state index contributed by atoms with van der Waals surface area (Å²) in [5.74, 6) is 0.737. The van der Waals surface area contributed by atoms with E-state index in [0.29, 0.717) is 11.7 Å². The number of hydrogen-bond acceptors (Lipinski definition) is 2. The van der Waals surface area contributed by atoms with Crippen LogP contribution in [0.3, 0.4) is 0 Å². The molecule has 0 saturated heterocycles. The Bertz CT molecular complexity index is 506. The van der Waals surface area contributed by atoms with Crippen LogP contribution < -0.4 is 4.90 Å². The van der Waals surface area contributed by atoms with Crippen molar-refractivity contribution in [1.82, 2.24) is 0 Å². The highest BCUT2D eigenvalue weighted by Crippen LogP contribution is 2.45. The van der Waals surface area contributed by atoms with Gasteiger partial charge in [-0.2, -0.15) is 0 Å².